The average Bonchev–Trinajstić information content (AvgIpc) is 3.34. The first-order valence-corrected chi connectivity index (χ1v) is 11.1. The lowest BCUT2D eigenvalue weighted by Crippen LogP contribution is -2.49. The number of hydrogen-bond acceptors (Lipinski definition) is 7. The van der Waals surface area contributed by atoms with Gasteiger partial charge >= 0.3 is 0 Å². The molecular formula is C21H22N4O4S. The summed E-state index contributed by atoms with van der Waals surface area (Å²) in [5.41, 5.74) is 2.46. The summed E-state index contributed by atoms with van der Waals surface area (Å²) in [7, 11) is -3.57. The van der Waals surface area contributed by atoms with Crippen LogP contribution >= 0.6 is 0 Å². The van der Waals surface area contributed by atoms with E-state index < -0.39 is 22.4 Å². The number of rotatable bonds is 6. The highest BCUT2D eigenvalue weighted by molar-refractivity contribution is 7.89. The molecule has 1 aliphatic heterocycles. The van der Waals surface area contributed by atoms with E-state index in [1.54, 1.807) is 12.1 Å². The van der Waals surface area contributed by atoms with Crippen LogP contribution in [0.25, 0.3) is 5.57 Å². The molecule has 1 aliphatic carbocycles. The van der Waals surface area contributed by atoms with E-state index in [1.165, 1.54) is 22.3 Å². The maximum absolute atomic E-state index is 13.0. The summed E-state index contributed by atoms with van der Waals surface area (Å²) in [6.45, 7) is 0.945. The number of nitrogens with zero attached hydrogens (tertiary/aromatic N) is 4. The third-order valence-electron chi connectivity index (χ3n) is 5.26. The predicted molar refractivity (Wildman–Crippen MR) is 113 cm³/mol. The third kappa shape index (κ3) is 4.04. The molecule has 0 spiro atoms. The molecule has 2 aromatic rings. The normalized spacial score (nSPS) is 17.2. The van der Waals surface area contributed by atoms with Crippen LogP contribution in [0.1, 0.15) is 22.3 Å². The fraction of sp³-hybridized carbons (Fsp3) is 0.286. The van der Waals surface area contributed by atoms with E-state index in [2.05, 4.69) is 16.0 Å². The number of Topliss-reactive ketones (excluding diaryl/α,β-unsaturated/α-hetero) is 1. The van der Waals surface area contributed by atoms with Gasteiger partial charge in [0.25, 0.3) is 0 Å². The van der Waals surface area contributed by atoms with Crippen LogP contribution in [0.2, 0.25) is 0 Å². The highest BCUT2D eigenvalue weighted by Crippen LogP contribution is 2.26. The smallest absolute Gasteiger partial charge is 0.243 e. The van der Waals surface area contributed by atoms with E-state index in [-0.39, 0.29) is 10.5 Å². The van der Waals surface area contributed by atoms with Crippen LogP contribution in [0, 0.1) is 0 Å². The lowest BCUT2D eigenvalue weighted by atomic mass is 10.1. The number of anilines is 1. The van der Waals surface area contributed by atoms with E-state index >= 15 is 0 Å². The standard InChI is InChI=1S/C21H22N4O4S/c26-15-20(27)18-13-22-21(23-14-18)24-9-11-25(12-10-24)30(28,29)19-7-5-17(6-8-19)16-3-1-2-4-16/h1-3,5-8,13-14,26H,4,9-12,15H2. The molecule has 1 fully saturated rings. The number of aliphatic hydroxyl groups is 1. The van der Waals surface area contributed by atoms with Crippen LogP contribution in [0.3, 0.4) is 0 Å². The summed E-state index contributed by atoms with van der Waals surface area (Å²) in [5, 5.41) is 8.89. The number of hydrogen-bond donors (Lipinski definition) is 1. The lowest BCUT2D eigenvalue weighted by molar-refractivity contribution is 0.0903. The summed E-state index contributed by atoms with van der Waals surface area (Å²) in [6, 6.07) is 7.03. The molecule has 0 unspecified atom stereocenters. The number of carbonyl (C=O) groups is 1. The van der Waals surface area contributed by atoms with Crippen LogP contribution in [0.5, 0.6) is 0 Å². The van der Waals surface area contributed by atoms with E-state index in [4.69, 9.17) is 5.11 Å². The quantitative estimate of drug-likeness (QED) is 0.698. The number of piperazine rings is 1. The Balaban J connectivity index is 1.41. The van der Waals surface area contributed by atoms with Gasteiger partial charge in [0.1, 0.15) is 6.61 Å². The molecule has 0 radical (unpaired) electrons. The molecule has 0 saturated carbocycles. The van der Waals surface area contributed by atoms with Gasteiger partial charge in [0.2, 0.25) is 16.0 Å². The summed E-state index contributed by atoms with van der Waals surface area (Å²) in [4.78, 5) is 22.0. The molecule has 1 saturated heterocycles. The summed E-state index contributed by atoms with van der Waals surface area (Å²) in [6.07, 6.45) is 9.73. The number of ketones is 1. The summed E-state index contributed by atoms with van der Waals surface area (Å²) < 4.78 is 27.5. The Morgan fingerprint density at radius 2 is 1.70 bits per heavy atom. The van der Waals surface area contributed by atoms with E-state index in [1.807, 2.05) is 29.2 Å². The molecule has 4 rings (SSSR count). The minimum Gasteiger partial charge on any atom is -0.388 e. The predicted octanol–water partition coefficient (Wildman–Crippen LogP) is 1.51. The van der Waals surface area contributed by atoms with Gasteiger partial charge in [-0.25, -0.2) is 18.4 Å². The number of aliphatic hydroxyl groups excluding tert-OH is 1. The van der Waals surface area contributed by atoms with Crippen LogP contribution in [-0.2, 0) is 10.0 Å². The summed E-state index contributed by atoms with van der Waals surface area (Å²) >= 11 is 0. The second kappa shape index (κ2) is 8.47. The minimum atomic E-state index is -3.57. The number of aromatic nitrogens is 2. The molecular weight excluding hydrogens is 404 g/mol. The maximum atomic E-state index is 13.0. The number of allylic oxidation sites excluding steroid dienone is 4. The van der Waals surface area contributed by atoms with Crippen molar-refractivity contribution in [3.05, 3.63) is 66.0 Å². The number of benzene rings is 1. The van der Waals surface area contributed by atoms with Gasteiger partial charge < -0.3 is 10.0 Å². The van der Waals surface area contributed by atoms with Gasteiger partial charge in [0.05, 0.1) is 10.5 Å². The first kappa shape index (κ1) is 20.4. The van der Waals surface area contributed by atoms with Crippen LogP contribution in [-0.4, -0.2) is 66.4 Å². The molecule has 0 bridgehead atoms. The fourth-order valence-electron chi connectivity index (χ4n) is 3.50. The zero-order valence-corrected chi connectivity index (χ0v) is 17.1. The molecule has 156 valence electrons. The van der Waals surface area contributed by atoms with Crippen LogP contribution < -0.4 is 4.90 Å². The highest BCUT2D eigenvalue weighted by atomic mass is 32.2. The van der Waals surface area contributed by atoms with Crippen molar-refractivity contribution in [1.82, 2.24) is 14.3 Å². The molecule has 1 aromatic carbocycles. The number of carbonyl (C=O) groups excluding carboxylic acids is 1. The summed E-state index contributed by atoms with van der Waals surface area (Å²) in [5.74, 6) is -0.00620. The van der Waals surface area contributed by atoms with Crippen LogP contribution in [0.15, 0.2) is 59.8 Å². The molecule has 0 atom stereocenters. The Morgan fingerprint density at radius 3 is 2.27 bits per heavy atom. The largest absolute Gasteiger partial charge is 0.388 e. The zero-order valence-electron chi connectivity index (χ0n) is 16.3. The van der Waals surface area contributed by atoms with Gasteiger partial charge in [0, 0.05) is 38.6 Å². The van der Waals surface area contributed by atoms with E-state index in [9.17, 15) is 13.2 Å². The molecule has 2 heterocycles. The first-order chi connectivity index (χ1) is 14.5. The van der Waals surface area contributed by atoms with Crippen molar-refractivity contribution >= 4 is 27.3 Å². The maximum Gasteiger partial charge on any atom is 0.243 e. The van der Waals surface area contributed by atoms with Gasteiger partial charge in [0.15, 0.2) is 5.78 Å². The monoisotopic (exact) mass is 426 g/mol. The fourth-order valence-corrected chi connectivity index (χ4v) is 4.92. The second-order valence-electron chi connectivity index (χ2n) is 7.09. The zero-order chi connectivity index (χ0) is 21.1. The molecule has 0 amide bonds. The van der Waals surface area contributed by atoms with Crippen LogP contribution in [0.4, 0.5) is 5.95 Å². The molecule has 9 heteroatoms. The van der Waals surface area contributed by atoms with Crippen molar-refractivity contribution in [1.29, 1.82) is 0 Å². The van der Waals surface area contributed by atoms with E-state index in [0.29, 0.717) is 32.1 Å². The lowest BCUT2D eigenvalue weighted by Gasteiger charge is -2.34. The molecule has 30 heavy (non-hydrogen) atoms. The Morgan fingerprint density at radius 1 is 1.03 bits per heavy atom. The molecule has 8 nitrogen and oxygen atoms in total. The Labute approximate surface area is 175 Å². The number of sulfonamides is 1. The Hall–Kier alpha value is -2.88. The van der Waals surface area contributed by atoms with Gasteiger partial charge in [-0.1, -0.05) is 30.4 Å². The molecule has 1 N–H and O–H groups in total. The van der Waals surface area contributed by atoms with Gasteiger partial charge in [-0.05, 0) is 29.7 Å². The van der Waals surface area contributed by atoms with E-state index in [0.717, 1.165) is 12.0 Å². The SMILES string of the molecule is O=C(CO)c1cnc(N2CCN(S(=O)(=O)c3ccc(C4=CC=CC4)cc3)CC2)nc1. The van der Waals surface area contributed by atoms with Crippen molar-refractivity contribution in [3.63, 3.8) is 0 Å². The van der Waals surface area contributed by atoms with Crippen molar-refractivity contribution < 1.29 is 18.3 Å². The van der Waals surface area contributed by atoms with Crippen molar-refractivity contribution in [2.75, 3.05) is 37.7 Å². The van der Waals surface area contributed by atoms with Gasteiger partial charge in [-0.2, -0.15) is 4.31 Å². The van der Waals surface area contributed by atoms with Crippen molar-refractivity contribution in [2.24, 2.45) is 0 Å². The highest BCUT2D eigenvalue weighted by Gasteiger charge is 2.29. The first-order valence-electron chi connectivity index (χ1n) is 9.66. The average molecular weight is 426 g/mol. The van der Waals surface area contributed by atoms with Crippen molar-refractivity contribution in [3.8, 4) is 0 Å². The minimum absolute atomic E-state index is 0.245. The van der Waals surface area contributed by atoms with Gasteiger partial charge in [-0.15, -0.1) is 0 Å². The Kier molecular flexibility index (Phi) is 5.76. The molecule has 2 aliphatic rings. The van der Waals surface area contributed by atoms with Crippen molar-refractivity contribution in [2.45, 2.75) is 11.3 Å². The molecule has 1 aromatic heterocycles. The third-order valence-corrected chi connectivity index (χ3v) is 7.17. The van der Waals surface area contributed by atoms with Gasteiger partial charge in [-0.3, -0.25) is 4.79 Å². The second-order valence-corrected chi connectivity index (χ2v) is 9.03. The Bertz CT molecular complexity index is 1080. The topological polar surface area (TPSA) is 104 Å².